The summed E-state index contributed by atoms with van der Waals surface area (Å²) < 4.78 is 0. The summed E-state index contributed by atoms with van der Waals surface area (Å²) in [5, 5.41) is 0. The van der Waals surface area contributed by atoms with E-state index in [0.717, 1.165) is 30.8 Å². The maximum Gasteiger partial charge on any atom is 0.164 e. The number of hydrogen-bond acceptors (Lipinski definition) is 2. The second-order valence-electron chi connectivity index (χ2n) is 5.23. The van der Waals surface area contributed by atoms with Crippen molar-refractivity contribution in [2.45, 2.75) is 26.3 Å². The van der Waals surface area contributed by atoms with Gasteiger partial charge in [0, 0.05) is 30.8 Å². The van der Waals surface area contributed by atoms with Crippen LogP contribution < -0.4 is 4.90 Å². The minimum atomic E-state index is 0.222. The minimum Gasteiger partial charge on any atom is -0.366 e. The van der Waals surface area contributed by atoms with Crippen LogP contribution in [0.4, 0.5) is 5.69 Å². The Hall–Kier alpha value is -2.09. The van der Waals surface area contributed by atoms with E-state index in [1.54, 1.807) is 0 Å². The Balaban J connectivity index is 1.94. The molecule has 0 amide bonds. The van der Waals surface area contributed by atoms with Crippen molar-refractivity contribution in [2.75, 3.05) is 11.4 Å². The normalized spacial score (nSPS) is 13.9. The highest BCUT2D eigenvalue weighted by Gasteiger charge is 2.19. The van der Waals surface area contributed by atoms with Crippen molar-refractivity contribution in [3.63, 3.8) is 0 Å². The van der Waals surface area contributed by atoms with Crippen molar-refractivity contribution in [3.8, 4) is 0 Å². The van der Waals surface area contributed by atoms with Crippen LogP contribution in [0.2, 0.25) is 0 Å². The lowest BCUT2D eigenvalue weighted by Crippen LogP contribution is -2.31. The van der Waals surface area contributed by atoms with E-state index in [2.05, 4.69) is 35.2 Å². The standard InChI is InChI=1S/C18H19NO/c1-2-18(20)16-9-5-6-10-17(16)19-12-11-14-7-3-4-8-15(14)13-19/h3-10H,2,11-13H2,1H3. The van der Waals surface area contributed by atoms with Crippen LogP contribution in [0.3, 0.4) is 0 Å². The average Bonchev–Trinajstić information content (AvgIpc) is 2.53. The van der Waals surface area contributed by atoms with Gasteiger partial charge in [-0.25, -0.2) is 0 Å². The van der Waals surface area contributed by atoms with Crippen molar-refractivity contribution in [3.05, 3.63) is 65.2 Å². The molecule has 2 heteroatoms. The van der Waals surface area contributed by atoms with E-state index in [1.807, 2.05) is 25.1 Å². The third kappa shape index (κ3) is 2.34. The van der Waals surface area contributed by atoms with Crippen LogP contribution >= 0.6 is 0 Å². The molecule has 2 aromatic carbocycles. The summed E-state index contributed by atoms with van der Waals surface area (Å²) in [5.41, 5.74) is 4.74. The van der Waals surface area contributed by atoms with Gasteiger partial charge in [-0.15, -0.1) is 0 Å². The van der Waals surface area contributed by atoms with Crippen LogP contribution in [0, 0.1) is 0 Å². The van der Waals surface area contributed by atoms with E-state index >= 15 is 0 Å². The molecule has 3 rings (SSSR count). The van der Waals surface area contributed by atoms with Crippen molar-refractivity contribution in [1.29, 1.82) is 0 Å². The van der Waals surface area contributed by atoms with Gasteiger partial charge in [0.05, 0.1) is 0 Å². The third-order valence-electron chi connectivity index (χ3n) is 4.00. The topological polar surface area (TPSA) is 20.3 Å². The van der Waals surface area contributed by atoms with E-state index in [-0.39, 0.29) is 5.78 Å². The van der Waals surface area contributed by atoms with Gasteiger partial charge in [0.2, 0.25) is 0 Å². The average molecular weight is 265 g/mol. The predicted octanol–water partition coefficient (Wildman–Crippen LogP) is 3.84. The Morgan fingerprint density at radius 1 is 1.05 bits per heavy atom. The van der Waals surface area contributed by atoms with Gasteiger partial charge < -0.3 is 4.90 Å². The van der Waals surface area contributed by atoms with E-state index in [4.69, 9.17) is 0 Å². The van der Waals surface area contributed by atoms with Crippen molar-refractivity contribution >= 4 is 11.5 Å². The van der Waals surface area contributed by atoms with Gasteiger partial charge in [0.15, 0.2) is 5.78 Å². The zero-order valence-corrected chi connectivity index (χ0v) is 11.8. The molecule has 1 heterocycles. The van der Waals surface area contributed by atoms with Crippen molar-refractivity contribution in [2.24, 2.45) is 0 Å². The number of benzene rings is 2. The van der Waals surface area contributed by atoms with E-state index in [0.29, 0.717) is 6.42 Å². The summed E-state index contributed by atoms with van der Waals surface area (Å²) >= 11 is 0. The van der Waals surface area contributed by atoms with Crippen LogP contribution in [0.1, 0.15) is 34.8 Å². The summed E-state index contributed by atoms with van der Waals surface area (Å²) in [5.74, 6) is 0.222. The van der Waals surface area contributed by atoms with Crippen molar-refractivity contribution < 1.29 is 4.79 Å². The zero-order valence-electron chi connectivity index (χ0n) is 11.8. The number of ketones is 1. The highest BCUT2D eigenvalue weighted by atomic mass is 16.1. The van der Waals surface area contributed by atoms with Gasteiger partial charge in [0.1, 0.15) is 0 Å². The number of para-hydroxylation sites is 1. The van der Waals surface area contributed by atoms with Gasteiger partial charge in [-0.1, -0.05) is 43.3 Å². The lowest BCUT2D eigenvalue weighted by Gasteiger charge is -2.32. The lowest BCUT2D eigenvalue weighted by molar-refractivity contribution is 0.0988. The first-order chi connectivity index (χ1) is 9.79. The van der Waals surface area contributed by atoms with Crippen LogP contribution in [-0.2, 0) is 13.0 Å². The quantitative estimate of drug-likeness (QED) is 0.786. The fraction of sp³-hybridized carbons (Fsp3) is 0.278. The van der Waals surface area contributed by atoms with Gasteiger partial charge >= 0.3 is 0 Å². The molecule has 0 fully saturated rings. The van der Waals surface area contributed by atoms with Crippen molar-refractivity contribution in [1.82, 2.24) is 0 Å². The summed E-state index contributed by atoms with van der Waals surface area (Å²) in [6, 6.07) is 16.6. The fourth-order valence-corrected chi connectivity index (χ4v) is 2.88. The molecule has 2 nitrogen and oxygen atoms in total. The van der Waals surface area contributed by atoms with Gasteiger partial charge in [0.25, 0.3) is 0 Å². The smallest absolute Gasteiger partial charge is 0.164 e. The maximum absolute atomic E-state index is 12.1. The number of Topliss-reactive ketones (excluding diaryl/α,β-unsaturated/α-hetero) is 1. The number of anilines is 1. The first kappa shape index (κ1) is 12.9. The summed E-state index contributed by atoms with van der Waals surface area (Å²) in [4.78, 5) is 14.4. The molecule has 20 heavy (non-hydrogen) atoms. The summed E-state index contributed by atoms with van der Waals surface area (Å²) in [7, 11) is 0. The molecule has 0 aliphatic carbocycles. The third-order valence-corrected chi connectivity index (χ3v) is 4.00. The van der Waals surface area contributed by atoms with Gasteiger partial charge in [-0.05, 0) is 29.7 Å². The number of rotatable bonds is 3. The molecule has 0 spiro atoms. The number of nitrogens with zero attached hydrogens (tertiary/aromatic N) is 1. The molecule has 102 valence electrons. The molecule has 0 aromatic heterocycles. The highest BCUT2D eigenvalue weighted by Crippen LogP contribution is 2.27. The Morgan fingerprint density at radius 2 is 1.75 bits per heavy atom. The number of carbonyl (C=O) groups is 1. The molecule has 0 saturated heterocycles. The Labute approximate surface area is 120 Å². The number of carbonyl (C=O) groups excluding carboxylic acids is 1. The first-order valence-corrected chi connectivity index (χ1v) is 7.23. The number of hydrogen-bond donors (Lipinski definition) is 0. The molecule has 0 unspecified atom stereocenters. The van der Waals surface area contributed by atoms with E-state index in [1.165, 1.54) is 11.1 Å². The molecule has 0 radical (unpaired) electrons. The van der Waals surface area contributed by atoms with E-state index < -0.39 is 0 Å². The summed E-state index contributed by atoms with van der Waals surface area (Å²) in [6.45, 7) is 3.79. The highest BCUT2D eigenvalue weighted by molar-refractivity contribution is 6.01. The van der Waals surface area contributed by atoms with Gasteiger partial charge in [-0.2, -0.15) is 0 Å². The van der Waals surface area contributed by atoms with Crippen LogP contribution in [0.15, 0.2) is 48.5 Å². The Bertz CT molecular complexity index is 633. The van der Waals surface area contributed by atoms with Crippen LogP contribution in [0.25, 0.3) is 0 Å². The molecule has 1 aliphatic heterocycles. The number of fused-ring (bicyclic) bond motifs is 1. The molecule has 0 N–H and O–H groups in total. The Kier molecular flexibility index (Phi) is 3.55. The van der Waals surface area contributed by atoms with E-state index in [9.17, 15) is 4.79 Å². The SMILES string of the molecule is CCC(=O)c1ccccc1N1CCc2ccccc2C1. The molecule has 1 aliphatic rings. The minimum absolute atomic E-state index is 0.222. The maximum atomic E-state index is 12.1. The fourth-order valence-electron chi connectivity index (χ4n) is 2.88. The largest absolute Gasteiger partial charge is 0.366 e. The molecule has 0 saturated carbocycles. The molecule has 0 atom stereocenters. The second kappa shape index (κ2) is 5.49. The zero-order chi connectivity index (χ0) is 13.9. The molecule has 0 bridgehead atoms. The lowest BCUT2D eigenvalue weighted by atomic mass is 9.98. The summed E-state index contributed by atoms with van der Waals surface area (Å²) in [6.07, 6.45) is 1.60. The predicted molar refractivity (Wildman–Crippen MR) is 82.3 cm³/mol. The molecular weight excluding hydrogens is 246 g/mol. The monoisotopic (exact) mass is 265 g/mol. The van der Waals surface area contributed by atoms with Crippen LogP contribution in [0.5, 0.6) is 0 Å². The molecule has 2 aromatic rings. The second-order valence-corrected chi connectivity index (χ2v) is 5.23. The molecular formula is C18H19NO. The Morgan fingerprint density at radius 3 is 2.55 bits per heavy atom. The van der Waals surface area contributed by atoms with Gasteiger partial charge in [-0.3, -0.25) is 4.79 Å². The first-order valence-electron chi connectivity index (χ1n) is 7.23. The van der Waals surface area contributed by atoms with Crippen LogP contribution in [-0.4, -0.2) is 12.3 Å².